The van der Waals surface area contributed by atoms with Crippen LogP contribution in [0, 0.1) is 6.92 Å². The quantitative estimate of drug-likeness (QED) is 0.728. The summed E-state index contributed by atoms with van der Waals surface area (Å²) in [5.41, 5.74) is 1.85. The molecule has 0 radical (unpaired) electrons. The Labute approximate surface area is 125 Å². The second-order valence-corrected chi connectivity index (χ2v) is 7.18. The number of hydrogen-bond donors (Lipinski definition) is 0. The number of fused-ring (bicyclic) bond motifs is 1. The summed E-state index contributed by atoms with van der Waals surface area (Å²) in [5, 5.41) is 2.00. The lowest BCUT2D eigenvalue weighted by molar-refractivity contribution is 0.595. The highest BCUT2D eigenvalue weighted by Crippen LogP contribution is 2.23. The third-order valence-electron chi connectivity index (χ3n) is 3.69. The molecule has 0 N–H and O–H groups in total. The molecule has 0 fully saturated rings. The molecule has 0 unspecified atom stereocenters. The van der Waals surface area contributed by atoms with Gasteiger partial charge in [-0.2, -0.15) is 0 Å². The molecular weight excluding hydrogens is 280 g/mol. The van der Waals surface area contributed by atoms with Crippen molar-refractivity contribution in [2.24, 2.45) is 0 Å². The minimum Gasteiger partial charge on any atom is -0.223 e. The highest BCUT2D eigenvalue weighted by atomic mass is 32.2. The maximum absolute atomic E-state index is 12.6. The second kappa shape index (κ2) is 5.34. The molecule has 0 saturated carbocycles. The smallest absolute Gasteiger partial charge is 0.182 e. The van der Waals surface area contributed by atoms with Crippen LogP contribution in [-0.4, -0.2) is 8.42 Å². The minimum atomic E-state index is -3.33. The first-order valence-corrected chi connectivity index (χ1v) is 8.47. The Bertz CT molecular complexity index is 896. The zero-order valence-corrected chi connectivity index (χ0v) is 12.6. The van der Waals surface area contributed by atoms with Crippen molar-refractivity contribution in [3.05, 3.63) is 77.9 Å². The molecule has 2 nitrogen and oxygen atoms in total. The summed E-state index contributed by atoms with van der Waals surface area (Å²) >= 11 is 0. The van der Waals surface area contributed by atoms with Crippen LogP contribution in [-0.2, 0) is 15.6 Å². The molecule has 0 spiro atoms. The molecule has 3 rings (SSSR count). The fraction of sp³-hybridized carbons (Fsp3) is 0.111. The lowest BCUT2D eigenvalue weighted by Gasteiger charge is -2.08. The molecule has 0 bridgehead atoms. The van der Waals surface area contributed by atoms with E-state index in [0.29, 0.717) is 4.90 Å². The van der Waals surface area contributed by atoms with Gasteiger partial charge in [0.1, 0.15) is 0 Å². The SMILES string of the molecule is Cc1ccccc1CS(=O)(=O)c1ccc2ccccc2c1. The van der Waals surface area contributed by atoms with Crippen LogP contribution in [0.15, 0.2) is 71.6 Å². The monoisotopic (exact) mass is 296 g/mol. The van der Waals surface area contributed by atoms with E-state index >= 15 is 0 Å². The highest BCUT2D eigenvalue weighted by Gasteiger charge is 2.16. The largest absolute Gasteiger partial charge is 0.223 e. The number of rotatable bonds is 3. The van der Waals surface area contributed by atoms with Gasteiger partial charge in [0, 0.05) is 0 Å². The van der Waals surface area contributed by atoms with Crippen LogP contribution in [0.5, 0.6) is 0 Å². The molecule has 0 atom stereocenters. The summed E-state index contributed by atoms with van der Waals surface area (Å²) in [6.07, 6.45) is 0. The van der Waals surface area contributed by atoms with Gasteiger partial charge in [0.15, 0.2) is 9.84 Å². The third-order valence-corrected chi connectivity index (χ3v) is 5.35. The van der Waals surface area contributed by atoms with Crippen LogP contribution in [0.4, 0.5) is 0 Å². The lowest BCUT2D eigenvalue weighted by Crippen LogP contribution is -2.06. The Morgan fingerprint density at radius 3 is 2.24 bits per heavy atom. The lowest BCUT2D eigenvalue weighted by atomic mass is 10.1. The molecule has 0 amide bonds. The first-order chi connectivity index (χ1) is 10.1. The van der Waals surface area contributed by atoms with E-state index in [-0.39, 0.29) is 5.75 Å². The van der Waals surface area contributed by atoms with Crippen molar-refractivity contribution in [2.75, 3.05) is 0 Å². The summed E-state index contributed by atoms with van der Waals surface area (Å²) in [6, 6.07) is 20.7. The molecule has 106 valence electrons. The molecule has 0 aliphatic heterocycles. The van der Waals surface area contributed by atoms with Crippen LogP contribution in [0.25, 0.3) is 10.8 Å². The maximum Gasteiger partial charge on any atom is 0.182 e. The molecule has 0 aliphatic carbocycles. The Morgan fingerprint density at radius 1 is 0.810 bits per heavy atom. The molecule has 0 saturated heterocycles. The van der Waals surface area contributed by atoms with Gasteiger partial charge < -0.3 is 0 Å². The van der Waals surface area contributed by atoms with E-state index in [9.17, 15) is 8.42 Å². The van der Waals surface area contributed by atoms with Crippen molar-refractivity contribution in [1.29, 1.82) is 0 Å². The number of hydrogen-bond acceptors (Lipinski definition) is 2. The van der Waals surface area contributed by atoms with Gasteiger partial charge in [0.05, 0.1) is 10.6 Å². The third kappa shape index (κ3) is 2.83. The normalized spacial score (nSPS) is 11.7. The molecule has 0 aromatic heterocycles. The molecule has 3 aromatic carbocycles. The van der Waals surface area contributed by atoms with Gasteiger partial charge >= 0.3 is 0 Å². The highest BCUT2D eigenvalue weighted by molar-refractivity contribution is 7.90. The summed E-state index contributed by atoms with van der Waals surface area (Å²) in [7, 11) is -3.33. The van der Waals surface area contributed by atoms with Gasteiger partial charge in [-0.1, -0.05) is 54.6 Å². The molecule has 21 heavy (non-hydrogen) atoms. The fourth-order valence-corrected chi connectivity index (χ4v) is 3.90. The standard InChI is InChI=1S/C18H16O2S/c1-14-6-2-3-9-17(14)13-21(19,20)18-11-10-15-7-4-5-8-16(15)12-18/h2-12H,13H2,1H3. The van der Waals surface area contributed by atoms with Gasteiger partial charge in [0.2, 0.25) is 0 Å². The average molecular weight is 296 g/mol. The van der Waals surface area contributed by atoms with Crippen molar-refractivity contribution in [2.45, 2.75) is 17.6 Å². The predicted octanol–water partition coefficient (Wildman–Crippen LogP) is 4.12. The van der Waals surface area contributed by atoms with Crippen LogP contribution < -0.4 is 0 Å². The van der Waals surface area contributed by atoms with E-state index in [4.69, 9.17) is 0 Å². The first kappa shape index (κ1) is 13.8. The average Bonchev–Trinajstić information content (AvgIpc) is 2.49. The summed E-state index contributed by atoms with van der Waals surface area (Å²) in [4.78, 5) is 0.379. The van der Waals surface area contributed by atoms with Crippen LogP contribution in [0.3, 0.4) is 0 Å². The van der Waals surface area contributed by atoms with Gasteiger partial charge in [-0.15, -0.1) is 0 Å². The van der Waals surface area contributed by atoms with E-state index in [0.717, 1.165) is 21.9 Å². The zero-order chi connectivity index (χ0) is 14.9. The Kier molecular flexibility index (Phi) is 3.52. The summed E-state index contributed by atoms with van der Waals surface area (Å²) < 4.78 is 25.2. The molecular formula is C18H16O2S. The van der Waals surface area contributed by atoms with Gasteiger partial charge in [0.25, 0.3) is 0 Å². The summed E-state index contributed by atoms with van der Waals surface area (Å²) in [6.45, 7) is 1.94. The predicted molar refractivity (Wildman–Crippen MR) is 86.0 cm³/mol. The minimum absolute atomic E-state index is 0.0397. The van der Waals surface area contributed by atoms with E-state index in [2.05, 4.69) is 0 Å². The van der Waals surface area contributed by atoms with Crippen molar-refractivity contribution < 1.29 is 8.42 Å². The van der Waals surface area contributed by atoms with E-state index in [1.807, 2.05) is 61.5 Å². The van der Waals surface area contributed by atoms with Gasteiger partial charge in [-0.05, 0) is 41.0 Å². The van der Waals surface area contributed by atoms with Crippen LogP contribution >= 0.6 is 0 Å². The number of benzene rings is 3. The molecule has 0 heterocycles. The molecule has 3 aromatic rings. The van der Waals surface area contributed by atoms with Gasteiger partial charge in [-0.3, -0.25) is 0 Å². The Morgan fingerprint density at radius 2 is 1.48 bits per heavy atom. The molecule has 0 aliphatic rings. The number of sulfone groups is 1. The van der Waals surface area contributed by atoms with E-state index < -0.39 is 9.84 Å². The summed E-state index contributed by atoms with van der Waals surface area (Å²) in [5.74, 6) is 0.0397. The van der Waals surface area contributed by atoms with Crippen molar-refractivity contribution >= 4 is 20.6 Å². The first-order valence-electron chi connectivity index (χ1n) is 6.82. The van der Waals surface area contributed by atoms with E-state index in [1.54, 1.807) is 12.1 Å². The number of aryl methyl sites for hydroxylation is 1. The second-order valence-electron chi connectivity index (χ2n) is 5.19. The van der Waals surface area contributed by atoms with Crippen molar-refractivity contribution in [3.8, 4) is 0 Å². The van der Waals surface area contributed by atoms with Crippen LogP contribution in [0.2, 0.25) is 0 Å². The Balaban J connectivity index is 2.02. The topological polar surface area (TPSA) is 34.1 Å². The van der Waals surface area contributed by atoms with Crippen molar-refractivity contribution in [3.63, 3.8) is 0 Å². The van der Waals surface area contributed by atoms with Crippen molar-refractivity contribution in [1.82, 2.24) is 0 Å². The zero-order valence-electron chi connectivity index (χ0n) is 11.8. The van der Waals surface area contributed by atoms with Gasteiger partial charge in [-0.25, -0.2) is 8.42 Å². The molecule has 3 heteroatoms. The van der Waals surface area contributed by atoms with Crippen LogP contribution in [0.1, 0.15) is 11.1 Å². The maximum atomic E-state index is 12.6. The Hall–Kier alpha value is -2.13. The van der Waals surface area contributed by atoms with E-state index in [1.165, 1.54) is 0 Å². The fourth-order valence-electron chi connectivity index (χ4n) is 2.42.